The topological polar surface area (TPSA) is 57.2 Å². The Morgan fingerprint density at radius 2 is 1.64 bits per heavy atom. The number of hydrogen-bond donors (Lipinski definition) is 0. The minimum Gasteiger partial charge on any atom is -0.741 e. The number of rotatable bonds is 8. The van der Waals surface area contributed by atoms with Crippen LogP contribution < -0.4 is 0 Å². The summed E-state index contributed by atoms with van der Waals surface area (Å²) in [6.07, 6.45) is 7.08. The van der Waals surface area contributed by atoms with E-state index >= 15 is 0 Å². The molecule has 1 rings (SSSR count). The van der Waals surface area contributed by atoms with Crippen molar-refractivity contribution in [2.75, 3.05) is 6.26 Å². The van der Waals surface area contributed by atoms with Crippen molar-refractivity contribution in [1.82, 2.24) is 0 Å². The smallest absolute Gasteiger partial charge is 0.485 e. The van der Waals surface area contributed by atoms with Gasteiger partial charge in [-0.15, -0.1) is 0 Å². The number of benzene rings is 1. The predicted molar refractivity (Wildman–Crippen MR) is 101 cm³/mol. The number of aryl methyl sites for hydroxylation is 1. The van der Waals surface area contributed by atoms with Crippen LogP contribution in [0.3, 0.4) is 0 Å². The molecule has 0 aliphatic carbocycles. The largest absolute Gasteiger partial charge is 0.741 e. The molecule has 2 atom stereocenters. The zero-order valence-corrected chi connectivity index (χ0v) is 17.6. The Morgan fingerprint density at radius 3 is 2.04 bits per heavy atom. The Kier molecular flexibility index (Phi) is 11.9. The average Bonchev–Trinajstić information content (AvgIpc) is 2.56. The number of unbranched alkanes of at least 4 members (excludes halogenated alkanes) is 3. The van der Waals surface area contributed by atoms with Crippen LogP contribution >= 0.6 is 0 Å². The van der Waals surface area contributed by atoms with Gasteiger partial charge in [-0.1, -0.05) is 43.9 Å². The summed E-state index contributed by atoms with van der Waals surface area (Å²) in [5, 5.41) is -0.0421. The summed E-state index contributed by atoms with van der Waals surface area (Å²) in [5.74, 6) is 0. The monoisotopic (exact) mass is 448 g/mol. The molecule has 3 nitrogen and oxygen atoms in total. The molecule has 0 aliphatic rings. The fourth-order valence-electron chi connectivity index (χ4n) is 2.20. The zero-order valence-electron chi connectivity index (χ0n) is 15.9. The predicted octanol–water partition coefficient (Wildman–Crippen LogP) is 5.77. The lowest BCUT2D eigenvalue weighted by Gasteiger charge is -2.12. The third kappa shape index (κ3) is 11.0. The molecular formula is C18H25F5O3S2. The lowest BCUT2D eigenvalue weighted by molar-refractivity contribution is -0.0517. The van der Waals surface area contributed by atoms with Gasteiger partial charge < -0.3 is 4.55 Å². The Bertz CT molecular complexity index is 697. The van der Waals surface area contributed by atoms with Gasteiger partial charge in [0, 0.05) is 17.0 Å². The highest BCUT2D eigenvalue weighted by Gasteiger charge is 2.36. The van der Waals surface area contributed by atoms with E-state index in [1.165, 1.54) is 23.3 Å². The third-order valence-corrected chi connectivity index (χ3v) is 6.65. The second-order valence-electron chi connectivity index (χ2n) is 6.11. The standard InChI is InChI=1S/C17H25F2S.CHF3O3S/c1-4-5-6-7-8-16(13-17(18)19)20(3)15-11-9-14(2)10-12-15;2-1(3,4)8(5,6)7/h9-13,16H,4-8H2,1-3H3;(H,5,6,7)/q+1;/p-1. The first-order chi connectivity index (χ1) is 12.8. The number of alkyl halides is 3. The van der Waals surface area contributed by atoms with Crippen molar-refractivity contribution >= 4 is 21.0 Å². The molecule has 10 heteroatoms. The van der Waals surface area contributed by atoms with E-state index in [-0.39, 0.29) is 16.1 Å². The van der Waals surface area contributed by atoms with Crippen molar-refractivity contribution in [3.05, 3.63) is 42.0 Å². The first-order valence-electron chi connectivity index (χ1n) is 8.56. The summed E-state index contributed by atoms with van der Waals surface area (Å²) in [4.78, 5) is 1.17. The lowest BCUT2D eigenvalue weighted by atomic mass is 10.1. The molecule has 0 heterocycles. The fraction of sp³-hybridized carbons (Fsp3) is 0.556. The SMILES string of the molecule is CCCCCCC(C=C(F)F)[S+](C)c1ccc(C)cc1.O=S(=O)([O-])C(F)(F)F. The highest BCUT2D eigenvalue weighted by molar-refractivity contribution is 7.97. The van der Waals surface area contributed by atoms with Gasteiger partial charge in [-0.25, -0.2) is 8.42 Å². The molecule has 28 heavy (non-hydrogen) atoms. The first kappa shape index (κ1) is 26.9. The number of hydrogen-bond acceptors (Lipinski definition) is 3. The summed E-state index contributed by atoms with van der Waals surface area (Å²) < 4.78 is 84.2. The lowest BCUT2D eigenvalue weighted by Crippen LogP contribution is -2.21. The Morgan fingerprint density at radius 1 is 1.14 bits per heavy atom. The number of halogens is 5. The van der Waals surface area contributed by atoms with Crippen LogP contribution in [0.25, 0.3) is 0 Å². The molecule has 0 radical (unpaired) electrons. The van der Waals surface area contributed by atoms with E-state index in [1.807, 2.05) is 6.92 Å². The molecule has 1 aromatic carbocycles. The van der Waals surface area contributed by atoms with Gasteiger partial charge in [-0.2, -0.15) is 22.0 Å². The van der Waals surface area contributed by atoms with E-state index in [2.05, 4.69) is 37.4 Å². The van der Waals surface area contributed by atoms with Crippen LogP contribution in [0.5, 0.6) is 0 Å². The van der Waals surface area contributed by atoms with Crippen LogP contribution in [0.2, 0.25) is 0 Å². The molecule has 0 aromatic heterocycles. The van der Waals surface area contributed by atoms with Crippen molar-refractivity contribution in [1.29, 1.82) is 0 Å². The zero-order chi connectivity index (χ0) is 22.0. The van der Waals surface area contributed by atoms with Crippen LogP contribution in [-0.4, -0.2) is 30.0 Å². The van der Waals surface area contributed by atoms with Crippen LogP contribution in [0.15, 0.2) is 41.3 Å². The molecule has 0 spiro atoms. The molecule has 0 N–H and O–H groups in total. The highest BCUT2D eigenvalue weighted by atomic mass is 32.2. The molecule has 0 saturated carbocycles. The van der Waals surface area contributed by atoms with E-state index in [9.17, 15) is 22.0 Å². The van der Waals surface area contributed by atoms with Crippen molar-refractivity contribution in [2.45, 2.75) is 61.6 Å². The molecule has 0 saturated heterocycles. The van der Waals surface area contributed by atoms with Gasteiger partial charge in [-0.3, -0.25) is 0 Å². The van der Waals surface area contributed by atoms with Crippen molar-refractivity contribution in [3.8, 4) is 0 Å². The second-order valence-corrected chi connectivity index (χ2v) is 9.68. The summed E-state index contributed by atoms with van der Waals surface area (Å²) in [6, 6.07) is 8.26. The van der Waals surface area contributed by atoms with E-state index in [1.54, 1.807) is 0 Å². The molecule has 0 amide bonds. The summed E-state index contributed by atoms with van der Waals surface area (Å²) in [5.41, 5.74) is -4.44. The quantitative estimate of drug-likeness (QED) is 0.167. The van der Waals surface area contributed by atoms with Crippen LogP contribution in [0, 0.1) is 6.92 Å². The van der Waals surface area contributed by atoms with Gasteiger partial charge in [0.2, 0.25) is 0 Å². The fourth-order valence-corrected chi connectivity index (χ4v) is 3.94. The minimum absolute atomic E-state index is 0.0421. The van der Waals surface area contributed by atoms with Gasteiger partial charge in [-0.05, 0) is 31.9 Å². The Hall–Kier alpha value is -1.13. The van der Waals surface area contributed by atoms with Gasteiger partial charge >= 0.3 is 5.51 Å². The van der Waals surface area contributed by atoms with E-state index < -0.39 is 21.7 Å². The maximum Gasteiger partial charge on any atom is 0.485 e. The van der Waals surface area contributed by atoms with Crippen LogP contribution in [0.4, 0.5) is 22.0 Å². The summed E-state index contributed by atoms with van der Waals surface area (Å²) in [6.45, 7) is 4.20. The third-order valence-electron chi connectivity index (χ3n) is 3.78. The van der Waals surface area contributed by atoms with Crippen LogP contribution in [0.1, 0.15) is 44.6 Å². The second kappa shape index (κ2) is 12.4. The van der Waals surface area contributed by atoms with E-state index in [0.29, 0.717) is 0 Å². The molecule has 2 unspecified atom stereocenters. The molecule has 0 aliphatic heterocycles. The van der Waals surface area contributed by atoms with Crippen molar-refractivity contribution in [3.63, 3.8) is 0 Å². The van der Waals surface area contributed by atoms with Crippen molar-refractivity contribution < 1.29 is 34.9 Å². The van der Waals surface area contributed by atoms with Crippen LogP contribution in [-0.2, 0) is 21.0 Å². The minimum atomic E-state index is -6.09. The van der Waals surface area contributed by atoms with Gasteiger partial charge in [0.15, 0.2) is 15.0 Å². The van der Waals surface area contributed by atoms with Crippen molar-refractivity contribution in [2.24, 2.45) is 0 Å². The van der Waals surface area contributed by atoms with E-state index in [4.69, 9.17) is 13.0 Å². The maximum absolute atomic E-state index is 12.7. The maximum atomic E-state index is 12.7. The highest BCUT2D eigenvalue weighted by Crippen LogP contribution is 2.24. The normalized spacial score (nSPS) is 13.9. The Labute approximate surface area is 166 Å². The molecule has 162 valence electrons. The average molecular weight is 449 g/mol. The van der Waals surface area contributed by atoms with Gasteiger partial charge in [0.1, 0.15) is 11.5 Å². The summed E-state index contributed by atoms with van der Waals surface area (Å²) >= 11 is 0. The summed E-state index contributed by atoms with van der Waals surface area (Å²) in [7, 11) is -6.25. The van der Waals surface area contributed by atoms with E-state index in [0.717, 1.165) is 25.3 Å². The molecular weight excluding hydrogens is 423 g/mol. The first-order valence-corrected chi connectivity index (χ1v) is 11.7. The molecule has 0 bridgehead atoms. The Balaban J connectivity index is 0.000000769. The molecule has 1 aromatic rings. The van der Waals surface area contributed by atoms with Gasteiger partial charge in [0.25, 0.3) is 6.08 Å². The molecule has 0 fully saturated rings. The van der Waals surface area contributed by atoms with Gasteiger partial charge in [0.05, 0.1) is 0 Å².